The molecule has 52 valence electrons. The number of hydrogen-bond donors (Lipinski definition) is 1. The molecule has 0 atom stereocenters. The van der Waals surface area contributed by atoms with Crippen LogP contribution >= 0.6 is 11.8 Å². The summed E-state index contributed by atoms with van der Waals surface area (Å²) in [7, 11) is 0. The standard InChI is InChI=1S/C6H11NOS/c7-6(2-1-3-8)4-9-5-6/h3H,1-2,4-5,7H2. The summed E-state index contributed by atoms with van der Waals surface area (Å²) >= 11 is 1.85. The zero-order valence-electron chi connectivity index (χ0n) is 5.30. The Kier molecular flexibility index (Phi) is 2.13. The predicted molar refractivity (Wildman–Crippen MR) is 39.5 cm³/mol. The van der Waals surface area contributed by atoms with Crippen LogP contribution in [0, 0.1) is 0 Å². The van der Waals surface area contributed by atoms with Gasteiger partial charge in [0.15, 0.2) is 0 Å². The van der Waals surface area contributed by atoms with Crippen molar-refractivity contribution in [1.29, 1.82) is 0 Å². The first kappa shape index (κ1) is 7.09. The van der Waals surface area contributed by atoms with Crippen LogP contribution in [0.25, 0.3) is 0 Å². The smallest absolute Gasteiger partial charge is 0.120 e. The molecule has 1 aliphatic rings. The highest BCUT2D eigenvalue weighted by molar-refractivity contribution is 8.00. The largest absolute Gasteiger partial charge is 0.324 e. The summed E-state index contributed by atoms with van der Waals surface area (Å²) in [5.74, 6) is 2.06. The maximum Gasteiger partial charge on any atom is 0.120 e. The number of carbonyl (C=O) groups excluding carboxylic acids is 1. The molecule has 1 aliphatic heterocycles. The van der Waals surface area contributed by atoms with E-state index in [-0.39, 0.29) is 5.54 Å². The quantitative estimate of drug-likeness (QED) is 0.585. The Morgan fingerprint density at radius 1 is 1.67 bits per heavy atom. The van der Waals surface area contributed by atoms with Gasteiger partial charge in [0, 0.05) is 23.5 Å². The molecule has 1 heterocycles. The summed E-state index contributed by atoms with van der Waals surface area (Å²) in [6, 6.07) is 0. The third-order valence-corrected chi connectivity index (χ3v) is 3.10. The fourth-order valence-electron chi connectivity index (χ4n) is 0.855. The van der Waals surface area contributed by atoms with Crippen molar-refractivity contribution in [2.24, 2.45) is 5.73 Å². The van der Waals surface area contributed by atoms with Gasteiger partial charge in [-0.3, -0.25) is 0 Å². The second kappa shape index (κ2) is 2.71. The second-order valence-electron chi connectivity index (χ2n) is 2.56. The van der Waals surface area contributed by atoms with E-state index in [1.54, 1.807) is 0 Å². The molecule has 1 rings (SSSR count). The number of hydrogen-bond acceptors (Lipinski definition) is 3. The van der Waals surface area contributed by atoms with Crippen molar-refractivity contribution in [3.63, 3.8) is 0 Å². The lowest BCUT2D eigenvalue weighted by Gasteiger charge is -2.36. The Balaban J connectivity index is 2.16. The average Bonchev–Trinajstić information content (AvgIpc) is 1.79. The van der Waals surface area contributed by atoms with Crippen LogP contribution in [0.2, 0.25) is 0 Å². The van der Waals surface area contributed by atoms with E-state index in [1.807, 2.05) is 11.8 Å². The van der Waals surface area contributed by atoms with Crippen LogP contribution in [0.5, 0.6) is 0 Å². The van der Waals surface area contributed by atoms with Gasteiger partial charge in [-0.1, -0.05) is 0 Å². The Labute approximate surface area is 59.2 Å². The van der Waals surface area contributed by atoms with E-state index in [1.165, 1.54) is 0 Å². The van der Waals surface area contributed by atoms with E-state index in [0.717, 1.165) is 24.2 Å². The first-order valence-corrected chi connectivity index (χ1v) is 4.23. The summed E-state index contributed by atoms with van der Waals surface area (Å²) in [6.45, 7) is 0. The van der Waals surface area contributed by atoms with Gasteiger partial charge in [0.05, 0.1) is 0 Å². The van der Waals surface area contributed by atoms with E-state index < -0.39 is 0 Å². The van der Waals surface area contributed by atoms with Gasteiger partial charge in [0.25, 0.3) is 0 Å². The molecular weight excluding hydrogens is 134 g/mol. The Hall–Kier alpha value is -0.0200. The Morgan fingerprint density at radius 2 is 2.33 bits per heavy atom. The van der Waals surface area contributed by atoms with Crippen molar-refractivity contribution in [3.8, 4) is 0 Å². The van der Waals surface area contributed by atoms with Crippen molar-refractivity contribution in [1.82, 2.24) is 0 Å². The predicted octanol–water partition coefficient (Wildman–Crippen LogP) is 0.410. The van der Waals surface area contributed by atoms with Crippen molar-refractivity contribution >= 4 is 18.0 Å². The molecule has 0 radical (unpaired) electrons. The molecule has 3 heteroatoms. The molecule has 1 saturated heterocycles. The van der Waals surface area contributed by atoms with E-state index in [4.69, 9.17) is 5.73 Å². The van der Waals surface area contributed by atoms with E-state index >= 15 is 0 Å². The van der Waals surface area contributed by atoms with Crippen LogP contribution in [0.3, 0.4) is 0 Å². The van der Waals surface area contributed by atoms with Gasteiger partial charge < -0.3 is 10.5 Å². The van der Waals surface area contributed by atoms with Crippen LogP contribution in [-0.4, -0.2) is 23.3 Å². The third kappa shape index (κ3) is 1.69. The summed E-state index contributed by atoms with van der Waals surface area (Å²) < 4.78 is 0. The number of aldehydes is 1. The molecule has 0 bridgehead atoms. The SMILES string of the molecule is NC1(CCC=O)CSC1. The van der Waals surface area contributed by atoms with Crippen molar-refractivity contribution in [2.45, 2.75) is 18.4 Å². The van der Waals surface area contributed by atoms with Crippen LogP contribution in [0.1, 0.15) is 12.8 Å². The zero-order chi connectivity index (χ0) is 6.74. The van der Waals surface area contributed by atoms with Crippen LogP contribution in [-0.2, 0) is 4.79 Å². The highest BCUT2D eigenvalue weighted by atomic mass is 32.2. The van der Waals surface area contributed by atoms with Crippen LogP contribution in [0.15, 0.2) is 0 Å². The van der Waals surface area contributed by atoms with E-state index in [9.17, 15) is 4.79 Å². The summed E-state index contributed by atoms with van der Waals surface area (Å²) in [5, 5.41) is 0. The Bertz CT molecular complexity index is 112. The summed E-state index contributed by atoms with van der Waals surface area (Å²) in [6.07, 6.45) is 2.43. The maximum atomic E-state index is 9.93. The molecule has 0 saturated carbocycles. The number of nitrogens with two attached hydrogens (primary N) is 1. The number of thioether (sulfide) groups is 1. The minimum Gasteiger partial charge on any atom is -0.324 e. The lowest BCUT2D eigenvalue weighted by atomic mass is 9.99. The summed E-state index contributed by atoms with van der Waals surface area (Å²) in [5.41, 5.74) is 5.81. The van der Waals surface area contributed by atoms with Gasteiger partial charge >= 0.3 is 0 Å². The van der Waals surface area contributed by atoms with Gasteiger partial charge in [-0.25, -0.2) is 0 Å². The molecule has 0 aromatic heterocycles. The molecule has 0 amide bonds. The number of rotatable bonds is 3. The third-order valence-electron chi connectivity index (χ3n) is 1.54. The lowest BCUT2D eigenvalue weighted by molar-refractivity contribution is -0.108. The molecular formula is C6H11NOS. The van der Waals surface area contributed by atoms with Gasteiger partial charge in [-0.05, 0) is 6.42 Å². The first-order chi connectivity index (χ1) is 4.27. The highest BCUT2D eigenvalue weighted by Crippen LogP contribution is 2.30. The molecule has 2 nitrogen and oxygen atoms in total. The molecule has 0 aliphatic carbocycles. The van der Waals surface area contributed by atoms with Crippen LogP contribution < -0.4 is 5.73 Å². The topological polar surface area (TPSA) is 43.1 Å². The zero-order valence-corrected chi connectivity index (χ0v) is 6.12. The van der Waals surface area contributed by atoms with Crippen molar-refractivity contribution in [3.05, 3.63) is 0 Å². The van der Waals surface area contributed by atoms with Gasteiger partial charge in [-0.15, -0.1) is 0 Å². The molecule has 0 aromatic carbocycles. The van der Waals surface area contributed by atoms with Crippen LogP contribution in [0.4, 0.5) is 0 Å². The minimum absolute atomic E-state index is 0.00553. The van der Waals surface area contributed by atoms with E-state index in [2.05, 4.69) is 0 Å². The average molecular weight is 145 g/mol. The molecule has 2 N–H and O–H groups in total. The number of carbonyl (C=O) groups is 1. The molecule has 9 heavy (non-hydrogen) atoms. The minimum atomic E-state index is 0.00553. The lowest BCUT2D eigenvalue weighted by Crippen LogP contribution is -2.52. The van der Waals surface area contributed by atoms with Crippen molar-refractivity contribution in [2.75, 3.05) is 11.5 Å². The highest BCUT2D eigenvalue weighted by Gasteiger charge is 2.32. The van der Waals surface area contributed by atoms with Gasteiger partial charge in [0.2, 0.25) is 0 Å². The van der Waals surface area contributed by atoms with Crippen molar-refractivity contribution < 1.29 is 4.79 Å². The maximum absolute atomic E-state index is 9.93. The summed E-state index contributed by atoms with van der Waals surface area (Å²) in [4.78, 5) is 9.93. The molecule has 0 aromatic rings. The fourth-order valence-corrected chi connectivity index (χ4v) is 1.87. The molecule has 0 unspecified atom stereocenters. The second-order valence-corrected chi connectivity index (χ2v) is 3.55. The Morgan fingerprint density at radius 3 is 2.67 bits per heavy atom. The molecule has 0 spiro atoms. The van der Waals surface area contributed by atoms with Gasteiger partial charge in [-0.2, -0.15) is 11.8 Å². The van der Waals surface area contributed by atoms with E-state index in [0.29, 0.717) is 6.42 Å². The van der Waals surface area contributed by atoms with Gasteiger partial charge in [0.1, 0.15) is 6.29 Å². The normalized spacial score (nSPS) is 22.8. The fraction of sp³-hybridized carbons (Fsp3) is 0.833. The first-order valence-electron chi connectivity index (χ1n) is 3.07. The monoisotopic (exact) mass is 145 g/mol. The molecule has 1 fully saturated rings.